The Labute approximate surface area is 118 Å². The van der Waals surface area contributed by atoms with Crippen molar-refractivity contribution < 1.29 is 4.42 Å². The Morgan fingerprint density at radius 3 is 2.90 bits per heavy atom. The van der Waals surface area contributed by atoms with Crippen LogP contribution in [0.3, 0.4) is 0 Å². The normalized spacial score (nSPS) is 12.9. The van der Waals surface area contributed by atoms with Crippen LogP contribution in [0.15, 0.2) is 40.9 Å². The average Bonchev–Trinajstić information content (AvgIpc) is 3.11. The lowest BCUT2D eigenvalue weighted by Gasteiger charge is -2.12. The second kappa shape index (κ2) is 5.51. The first-order chi connectivity index (χ1) is 9.79. The summed E-state index contributed by atoms with van der Waals surface area (Å²) >= 11 is 0. The molecular weight excluding hydrogens is 250 g/mol. The van der Waals surface area contributed by atoms with Crippen molar-refractivity contribution in [3.63, 3.8) is 0 Å². The molecule has 0 saturated carbocycles. The third-order valence-corrected chi connectivity index (χ3v) is 3.63. The van der Waals surface area contributed by atoms with Gasteiger partial charge in [-0.25, -0.2) is 0 Å². The third kappa shape index (κ3) is 2.34. The van der Waals surface area contributed by atoms with E-state index in [0.717, 1.165) is 30.0 Å². The van der Waals surface area contributed by atoms with Crippen LogP contribution in [-0.2, 0) is 13.0 Å². The molecule has 2 N–H and O–H groups in total. The number of furan rings is 1. The van der Waals surface area contributed by atoms with Crippen molar-refractivity contribution in [2.45, 2.75) is 32.9 Å². The molecule has 4 heteroatoms. The predicted octanol–water partition coefficient (Wildman–Crippen LogP) is 3.57. The quantitative estimate of drug-likeness (QED) is 0.744. The van der Waals surface area contributed by atoms with Gasteiger partial charge < -0.3 is 9.73 Å². The Morgan fingerprint density at radius 1 is 1.30 bits per heavy atom. The molecule has 0 aliphatic rings. The van der Waals surface area contributed by atoms with Gasteiger partial charge in [0.2, 0.25) is 0 Å². The maximum atomic E-state index is 6.03. The monoisotopic (exact) mass is 269 g/mol. The molecule has 3 rings (SSSR count). The highest BCUT2D eigenvalue weighted by Gasteiger charge is 2.17. The van der Waals surface area contributed by atoms with Crippen molar-refractivity contribution >= 4 is 11.0 Å². The van der Waals surface area contributed by atoms with Crippen LogP contribution in [-0.4, -0.2) is 10.2 Å². The molecule has 0 saturated heterocycles. The SMILES string of the molecule is CCc1c(C(C)NCc2ccn[nH]2)oc2ccccc12. The van der Waals surface area contributed by atoms with E-state index in [4.69, 9.17) is 4.42 Å². The Hall–Kier alpha value is -2.07. The van der Waals surface area contributed by atoms with E-state index in [1.807, 2.05) is 18.2 Å². The first-order valence-electron chi connectivity index (χ1n) is 7.01. The zero-order valence-corrected chi connectivity index (χ0v) is 11.8. The topological polar surface area (TPSA) is 53.9 Å². The van der Waals surface area contributed by atoms with E-state index < -0.39 is 0 Å². The molecule has 2 aromatic heterocycles. The summed E-state index contributed by atoms with van der Waals surface area (Å²) in [5.41, 5.74) is 3.34. The minimum Gasteiger partial charge on any atom is -0.459 e. The van der Waals surface area contributed by atoms with Gasteiger partial charge in [0.25, 0.3) is 0 Å². The van der Waals surface area contributed by atoms with E-state index in [9.17, 15) is 0 Å². The highest BCUT2D eigenvalue weighted by molar-refractivity contribution is 5.82. The summed E-state index contributed by atoms with van der Waals surface area (Å²) in [5, 5.41) is 11.6. The first-order valence-corrected chi connectivity index (χ1v) is 7.01. The summed E-state index contributed by atoms with van der Waals surface area (Å²) in [7, 11) is 0. The van der Waals surface area contributed by atoms with E-state index in [2.05, 4.69) is 41.5 Å². The number of hydrogen-bond donors (Lipinski definition) is 2. The van der Waals surface area contributed by atoms with E-state index >= 15 is 0 Å². The Kier molecular flexibility index (Phi) is 3.56. The average molecular weight is 269 g/mol. The Bertz CT molecular complexity index is 685. The second-order valence-corrected chi connectivity index (χ2v) is 4.98. The number of aromatic nitrogens is 2. The maximum absolute atomic E-state index is 6.03. The predicted molar refractivity (Wildman–Crippen MR) is 79.4 cm³/mol. The maximum Gasteiger partial charge on any atom is 0.134 e. The summed E-state index contributed by atoms with van der Waals surface area (Å²) < 4.78 is 6.03. The van der Waals surface area contributed by atoms with Crippen LogP contribution >= 0.6 is 0 Å². The minimum atomic E-state index is 0.167. The number of para-hydroxylation sites is 1. The van der Waals surface area contributed by atoms with Gasteiger partial charge in [-0.05, 0) is 25.5 Å². The molecule has 0 fully saturated rings. The van der Waals surface area contributed by atoms with Gasteiger partial charge in [0.05, 0.1) is 6.04 Å². The molecule has 20 heavy (non-hydrogen) atoms. The number of aryl methyl sites for hydroxylation is 1. The standard InChI is InChI=1S/C16H19N3O/c1-3-13-14-6-4-5-7-15(14)20-16(13)11(2)17-10-12-8-9-18-19-12/h4-9,11,17H,3,10H2,1-2H3,(H,18,19). The minimum absolute atomic E-state index is 0.167. The van der Waals surface area contributed by atoms with Crippen LogP contribution in [0.1, 0.15) is 36.9 Å². The van der Waals surface area contributed by atoms with Crippen LogP contribution < -0.4 is 5.32 Å². The Balaban J connectivity index is 1.85. The number of hydrogen-bond acceptors (Lipinski definition) is 3. The van der Waals surface area contributed by atoms with Gasteiger partial charge in [-0.1, -0.05) is 25.1 Å². The van der Waals surface area contributed by atoms with Crippen molar-refractivity contribution in [3.8, 4) is 0 Å². The fourth-order valence-electron chi connectivity index (χ4n) is 2.57. The van der Waals surface area contributed by atoms with Gasteiger partial charge in [-0.2, -0.15) is 5.10 Å². The Morgan fingerprint density at radius 2 is 2.15 bits per heavy atom. The molecule has 0 radical (unpaired) electrons. The highest BCUT2D eigenvalue weighted by atomic mass is 16.3. The number of nitrogens with zero attached hydrogens (tertiary/aromatic N) is 1. The van der Waals surface area contributed by atoms with E-state index in [0.29, 0.717) is 0 Å². The number of nitrogens with one attached hydrogen (secondary N) is 2. The zero-order chi connectivity index (χ0) is 13.9. The number of H-pyrrole nitrogens is 1. The van der Waals surface area contributed by atoms with Gasteiger partial charge in [0.15, 0.2) is 0 Å². The summed E-state index contributed by atoms with van der Waals surface area (Å²) in [5.74, 6) is 1.04. The first kappa shape index (κ1) is 12.9. The van der Waals surface area contributed by atoms with Crippen molar-refractivity contribution in [3.05, 3.63) is 53.5 Å². The smallest absolute Gasteiger partial charge is 0.134 e. The number of rotatable bonds is 5. The molecule has 0 spiro atoms. The molecule has 1 atom stereocenters. The summed E-state index contributed by atoms with van der Waals surface area (Å²) in [6.07, 6.45) is 2.74. The van der Waals surface area contributed by atoms with Gasteiger partial charge in [0.1, 0.15) is 11.3 Å². The fraction of sp³-hybridized carbons (Fsp3) is 0.312. The van der Waals surface area contributed by atoms with Crippen LogP contribution in [0, 0.1) is 0 Å². The molecule has 4 nitrogen and oxygen atoms in total. The molecule has 3 aromatic rings. The third-order valence-electron chi connectivity index (χ3n) is 3.63. The molecular formula is C16H19N3O. The molecule has 2 heterocycles. The number of fused-ring (bicyclic) bond motifs is 1. The van der Waals surface area contributed by atoms with Crippen molar-refractivity contribution in [1.29, 1.82) is 0 Å². The van der Waals surface area contributed by atoms with Crippen LogP contribution in [0.4, 0.5) is 0 Å². The van der Waals surface area contributed by atoms with Crippen molar-refractivity contribution in [2.24, 2.45) is 0 Å². The van der Waals surface area contributed by atoms with Crippen LogP contribution in [0.25, 0.3) is 11.0 Å². The highest BCUT2D eigenvalue weighted by Crippen LogP contribution is 2.30. The largest absolute Gasteiger partial charge is 0.459 e. The fourth-order valence-corrected chi connectivity index (χ4v) is 2.57. The molecule has 0 amide bonds. The van der Waals surface area contributed by atoms with Crippen LogP contribution in [0.2, 0.25) is 0 Å². The van der Waals surface area contributed by atoms with Crippen molar-refractivity contribution in [2.75, 3.05) is 0 Å². The molecule has 0 bridgehead atoms. The van der Waals surface area contributed by atoms with Gasteiger partial charge in [-0.3, -0.25) is 5.10 Å². The van der Waals surface area contributed by atoms with Gasteiger partial charge >= 0.3 is 0 Å². The summed E-state index contributed by atoms with van der Waals surface area (Å²) in [4.78, 5) is 0. The van der Waals surface area contributed by atoms with Crippen LogP contribution in [0.5, 0.6) is 0 Å². The summed E-state index contributed by atoms with van der Waals surface area (Å²) in [6.45, 7) is 5.05. The lowest BCUT2D eigenvalue weighted by molar-refractivity contribution is 0.444. The van der Waals surface area contributed by atoms with E-state index in [1.54, 1.807) is 6.20 Å². The van der Waals surface area contributed by atoms with E-state index in [1.165, 1.54) is 10.9 Å². The van der Waals surface area contributed by atoms with Crippen molar-refractivity contribution in [1.82, 2.24) is 15.5 Å². The molecule has 1 aromatic carbocycles. The van der Waals surface area contributed by atoms with E-state index in [-0.39, 0.29) is 6.04 Å². The molecule has 0 aliphatic carbocycles. The van der Waals surface area contributed by atoms with Gasteiger partial charge in [-0.15, -0.1) is 0 Å². The molecule has 0 aliphatic heterocycles. The van der Waals surface area contributed by atoms with Gasteiger partial charge in [0, 0.05) is 29.4 Å². The summed E-state index contributed by atoms with van der Waals surface area (Å²) in [6, 6.07) is 10.4. The molecule has 104 valence electrons. The molecule has 1 unspecified atom stereocenters. The number of aromatic amines is 1. The number of benzene rings is 1. The zero-order valence-electron chi connectivity index (χ0n) is 11.8. The second-order valence-electron chi connectivity index (χ2n) is 4.98. The lowest BCUT2D eigenvalue weighted by Crippen LogP contribution is -2.18. The lowest BCUT2D eigenvalue weighted by atomic mass is 10.1.